The molecule has 1 aromatic carbocycles. The molecule has 0 fully saturated rings. The molecule has 1 heterocycles. The maximum absolute atomic E-state index is 12.0. The third kappa shape index (κ3) is 3.00. The Morgan fingerprint density at radius 3 is 2.26 bits per heavy atom. The second-order valence-corrected chi connectivity index (χ2v) is 5.50. The van der Waals surface area contributed by atoms with Gasteiger partial charge in [-0.1, -0.05) is 0 Å². The quantitative estimate of drug-likeness (QED) is 0.903. The van der Waals surface area contributed by atoms with Crippen molar-refractivity contribution in [3.05, 3.63) is 51.2 Å². The van der Waals surface area contributed by atoms with Crippen LogP contribution in [0.2, 0.25) is 0 Å². The number of amides is 2. The molecule has 98 valence electrons. The number of primary amides is 1. The highest BCUT2D eigenvalue weighted by Gasteiger charge is 2.10. The van der Waals surface area contributed by atoms with E-state index in [1.165, 1.54) is 11.3 Å². The first kappa shape index (κ1) is 13.3. The van der Waals surface area contributed by atoms with E-state index in [9.17, 15) is 9.59 Å². The summed E-state index contributed by atoms with van der Waals surface area (Å²) in [5, 5.41) is 2.78. The first-order valence-electron chi connectivity index (χ1n) is 5.75. The van der Waals surface area contributed by atoms with Crippen LogP contribution in [-0.2, 0) is 0 Å². The third-order valence-electron chi connectivity index (χ3n) is 2.82. The van der Waals surface area contributed by atoms with Crippen molar-refractivity contribution in [2.75, 3.05) is 5.32 Å². The van der Waals surface area contributed by atoms with Crippen LogP contribution < -0.4 is 11.1 Å². The van der Waals surface area contributed by atoms with Crippen molar-refractivity contribution in [1.82, 2.24) is 0 Å². The fourth-order valence-electron chi connectivity index (χ4n) is 1.60. The van der Waals surface area contributed by atoms with E-state index in [0.717, 1.165) is 10.4 Å². The summed E-state index contributed by atoms with van der Waals surface area (Å²) in [5.41, 5.74) is 7.32. The van der Waals surface area contributed by atoms with Crippen molar-refractivity contribution in [1.29, 1.82) is 0 Å². The molecule has 0 bridgehead atoms. The number of carbonyl (C=O) groups is 2. The van der Waals surface area contributed by atoms with Gasteiger partial charge in [-0.2, -0.15) is 0 Å². The number of aryl methyl sites for hydroxylation is 2. The number of nitrogens with one attached hydrogen (secondary N) is 1. The van der Waals surface area contributed by atoms with Crippen LogP contribution in [0.15, 0.2) is 30.3 Å². The zero-order valence-electron chi connectivity index (χ0n) is 10.7. The average molecular weight is 274 g/mol. The molecule has 0 spiro atoms. The minimum atomic E-state index is -0.484. The number of hydrogen-bond acceptors (Lipinski definition) is 3. The van der Waals surface area contributed by atoms with Crippen LogP contribution in [0.25, 0.3) is 0 Å². The molecule has 0 radical (unpaired) electrons. The minimum Gasteiger partial charge on any atom is -0.366 e. The van der Waals surface area contributed by atoms with Gasteiger partial charge in [0.1, 0.15) is 0 Å². The van der Waals surface area contributed by atoms with E-state index >= 15 is 0 Å². The summed E-state index contributed by atoms with van der Waals surface area (Å²) in [4.78, 5) is 24.7. The van der Waals surface area contributed by atoms with Crippen LogP contribution in [0.5, 0.6) is 0 Å². The van der Waals surface area contributed by atoms with Gasteiger partial charge in [0, 0.05) is 16.1 Å². The van der Waals surface area contributed by atoms with Crippen LogP contribution in [0, 0.1) is 13.8 Å². The van der Waals surface area contributed by atoms with E-state index in [1.807, 2.05) is 19.9 Å². The molecule has 2 amide bonds. The number of carbonyl (C=O) groups excluding carboxylic acids is 2. The predicted molar refractivity (Wildman–Crippen MR) is 76.7 cm³/mol. The number of benzene rings is 1. The molecular formula is C14H14N2O2S. The molecule has 0 saturated heterocycles. The van der Waals surface area contributed by atoms with Crippen LogP contribution in [0.3, 0.4) is 0 Å². The van der Waals surface area contributed by atoms with E-state index in [-0.39, 0.29) is 5.91 Å². The topological polar surface area (TPSA) is 72.2 Å². The molecule has 2 aromatic rings. The number of rotatable bonds is 3. The Balaban J connectivity index is 2.12. The second-order valence-electron chi connectivity index (χ2n) is 4.25. The smallest absolute Gasteiger partial charge is 0.265 e. The Kier molecular flexibility index (Phi) is 3.66. The van der Waals surface area contributed by atoms with Gasteiger partial charge in [0.15, 0.2) is 0 Å². The first-order chi connectivity index (χ1) is 8.97. The lowest BCUT2D eigenvalue weighted by Crippen LogP contribution is -2.12. The molecule has 2 rings (SSSR count). The second kappa shape index (κ2) is 5.24. The highest BCUT2D eigenvalue weighted by molar-refractivity contribution is 7.14. The summed E-state index contributed by atoms with van der Waals surface area (Å²) in [6.07, 6.45) is 0. The lowest BCUT2D eigenvalue weighted by Gasteiger charge is -2.03. The number of anilines is 1. The van der Waals surface area contributed by atoms with Gasteiger partial charge >= 0.3 is 0 Å². The van der Waals surface area contributed by atoms with E-state index < -0.39 is 5.91 Å². The SMILES string of the molecule is Cc1cc(C(=O)Nc2ccc(C(N)=O)cc2)sc1C. The molecule has 0 atom stereocenters. The average Bonchev–Trinajstić information content (AvgIpc) is 2.70. The van der Waals surface area contributed by atoms with Gasteiger partial charge in [0.25, 0.3) is 5.91 Å². The number of thiophene rings is 1. The maximum Gasteiger partial charge on any atom is 0.265 e. The Morgan fingerprint density at radius 1 is 1.16 bits per heavy atom. The Labute approximate surface area is 115 Å². The van der Waals surface area contributed by atoms with Gasteiger partial charge in [-0.15, -0.1) is 11.3 Å². The largest absolute Gasteiger partial charge is 0.366 e. The molecule has 0 aliphatic carbocycles. The van der Waals surface area contributed by atoms with Gasteiger partial charge in [-0.3, -0.25) is 9.59 Å². The molecule has 3 N–H and O–H groups in total. The van der Waals surface area contributed by atoms with E-state index in [2.05, 4.69) is 5.32 Å². The molecule has 0 saturated carbocycles. The van der Waals surface area contributed by atoms with Crippen LogP contribution in [-0.4, -0.2) is 11.8 Å². The zero-order chi connectivity index (χ0) is 14.0. The normalized spacial score (nSPS) is 10.2. The number of nitrogens with two attached hydrogens (primary N) is 1. The molecule has 4 nitrogen and oxygen atoms in total. The van der Waals surface area contributed by atoms with Crippen LogP contribution in [0.4, 0.5) is 5.69 Å². The van der Waals surface area contributed by atoms with Crippen LogP contribution >= 0.6 is 11.3 Å². The zero-order valence-corrected chi connectivity index (χ0v) is 11.5. The maximum atomic E-state index is 12.0. The van der Waals surface area contributed by atoms with Crippen molar-refractivity contribution in [2.45, 2.75) is 13.8 Å². The standard InChI is InChI=1S/C14H14N2O2S/c1-8-7-12(19-9(8)2)14(18)16-11-5-3-10(4-6-11)13(15)17/h3-7H,1-2H3,(H2,15,17)(H,16,18). The predicted octanol–water partition coefficient (Wildman–Crippen LogP) is 2.72. The highest BCUT2D eigenvalue weighted by atomic mass is 32.1. The third-order valence-corrected chi connectivity index (χ3v) is 3.97. The molecule has 0 aliphatic heterocycles. The minimum absolute atomic E-state index is 0.145. The number of hydrogen-bond donors (Lipinski definition) is 2. The first-order valence-corrected chi connectivity index (χ1v) is 6.57. The van der Waals surface area contributed by atoms with E-state index in [1.54, 1.807) is 24.3 Å². The highest BCUT2D eigenvalue weighted by Crippen LogP contribution is 2.21. The van der Waals surface area contributed by atoms with Gasteiger partial charge < -0.3 is 11.1 Å². The summed E-state index contributed by atoms with van der Waals surface area (Å²) < 4.78 is 0. The van der Waals surface area contributed by atoms with Crippen molar-refractivity contribution in [3.63, 3.8) is 0 Å². The van der Waals surface area contributed by atoms with Crippen LogP contribution in [0.1, 0.15) is 30.5 Å². The van der Waals surface area contributed by atoms with Crippen molar-refractivity contribution >= 4 is 28.8 Å². The Hall–Kier alpha value is -2.14. The molecule has 1 aromatic heterocycles. The lowest BCUT2D eigenvalue weighted by atomic mass is 10.2. The summed E-state index contributed by atoms with van der Waals surface area (Å²) in [6, 6.07) is 8.36. The van der Waals surface area contributed by atoms with E-state index in [4.69, 9.17) is 5.73 Å². The van der Waals surface area contributed by atoms with E-state index in [0.29, 0.717) is 16.1 Å². The summed E-state index contributed by atoms with van der Waals surface area (Å²) in [6.45, 7) is 3.96. The Bertz CT molecular complexity index is 610. The molecular weight excluding hydrogens is 260 g/mol. The summed E-state index contributed by atoms with van der Waals surface area (Å²) in [5.74, 6) is -0.629. The molecule has 5 heteroatoms. The van der Waals surface area contributed by atoms with Gasteiger partial charge in [0.05, 0.1) is 4.88 Å². The molecule has 0 aliphatic rings. The van der Waals surface area contributed by atoms with Crippen molar-refractivity contribution in [2.24, 2.45) is 5.73 Å². The van der Waals surface area contributed by atoms with Crippen molar-refractivity contribution in [3.8, 4) is 0 Å². The fourth-order valence-corrected chi connectivity index (χ4v) is 2.52. The summed E-state index contributed by atoms with van der Waals surface area (Å²) in [7, 11) is 0. The van der Waals surface area contributed by atoms with Gasteiger partial charge in [-0.25, -0.2) is 0 Å². The molecule has 0 unspecified atom stereocenters. The monoisotopic (exact) mass is 274 g/mol. The fraction of sp³-hybridized carbons (Fsp3) is 0.143. The summed E-state index contributed by atoms with van der Waals surface area (Å²) >= 11 is 1.46. The van der Waals surface area contributed by atoms with Crippen molar-refractivity contribution < 1.29 is 9.59 Å². The molecule has 19 heavy (non-hydrogen) atoms. The Morgan fingerprint density at radius 2 is 1.79 bits per heavy atom. The van der Waals surface area contributed by atoms with Gasteiger partial charge in [-0.05, 0) is 49.7 Å². The van der Waals surface area contributed by atoms with Gasteiger partial charge in [0.2, 0.25) is 5.91 Å². The lowest BCUT2D eigenvalue weighted by molar-refractivity contribution is 0.0998.